The third-order valence-electron chi connectivity index (χ3n) is 19.2. The van der Waals surface area contributed by atoms with Crippen LogP contribution in [0.15, 0.2) is 328 Å². The van der Waals surface area contributed by atoms with Gasteiger partial charge in [0.05, 0.1) is 72.4 Å². The third kappa shape index (κ3) is 9.69. The standard InChI is InChI=1S/C46H28N4.C44H26N4/c1-2-10-35-30(8-1)9-7-12-36(35)44-37-11-3-4-13-40(37)50-46-38(44)24-21-33-23-25-39(49-45(33)46)31-17-15-29(16-18-31)34-20-19-32-22-26-42(48-43(32)28-34)41-14-5-6-27-47-41;1-2-11-32-27(8-1)9-5-13-33(32)40-35-12-3-4-15-39(35)48-44-36(40)22-20-30-21-23-38(47-42(30)44)29-18-16-28(17-19-29)37-26-31-10-6-24-45-41(31)43-34(37)14-7-25-46-43/h1-28H;1-26H. The number of pyridine rings is 8. The molecular weight excluding hydrogens is 1190 g/mol. The van der Waals surface area contributed by atoms with Crippen molar-refractivity contribution in [1.82, 2.24) is 39.9 Å². The molecule has 454 valence electrons. The molecule has 8 aromatic heterocycles. The molecule has 0 N–H and O–H groups in total. The number of aromatic nitrogens is 8. The summed E-state index contributed by atoms with van der Waals surface area (Å²) in [4.78, 5) is 39.8. The lowest BCUT2D eigenvalue weighted by molar-refractivity contribution is 1.28. The average Bonchev–Trinajstić information content (AvgIpc) is 0.742. The van der Waals surface area contributed by atoms with Crippen LogP contribution < -0.4 is 0 Å². The average molecular weight is 1250 g/mol. The zero-order valence-corrected chi connectivity index (χ0v) is 52.8. The Morgan fingerprint density at radius 2 is 0.633 bits per heavy atom. The third-order valence-corrected chi connectivity index (χ3v) is 19.2. The van der Waals surface area contributed by atoms with Gasteiger partial charge in [-0.25, -0.2) is 24.9 Å². The van der Waals surface area contributed by atoms with Crippen molar-refractivity contribution in [3.63, 3.8) is 0 Å². The van der Waals surface area contributed by atoms with Gasteiger partial charge in [0, 0.05) is 89.3 Å². The minimum Gasteiger partial charge on any atom is -0.255 e. The maximum Gasteiger partial charge on any atom is 0.0978 e. The highest BCUT2D eigenvalue weighted by Crippen LogP contribution is 2.44. The van der Waals surface area contributed by atoms with Crippen LogP contribution in [0.5, 0.6) is 0 Å². The van der Waals surface area contributed by atoms with Gasteiger partial charge in [-0.15, -0.1) is 0 Å². The molecule has 0 radical (unpaired) electrons. The van der Waals surface area contributed by atoms with Gasteiger partial charge >= 0.3 is 0 Å². The number of hydrogen-bond donors (Lipinski definition) is 0. The summed E-state index contributed by atoms with van der Waals surface area (Å²) in [7, 11) is 0. The molecule has 98 heavy (non-hydrogen) atoms. The summed E-state index contributed by atoms with van der Waals surface area (Å²) in [5, 5.41) is 14.8. The molecule has 0 saturated carbocycles. The van der Waals surface area contributed by atoms with Crippen molar-refractivity contribution in [3.05, 3.63) is 328 Å². The molecule has 20 aromatic rings. The van der Waals surface area contributed by atoms with Gasteiger partial charge in [-0.05, 0) is 122 Å². The van der Waals surface area contributed by atoms with Crippen molar-refractivity contribution in [1.29, 1.82) is 0 Å². The Kier molecular flexibility index (Phi) is 13.4. The SMILES string of the molecule is c1ccc(-c2ccc3ccc(-c4ccc(-c5ccc6ccc7c(-c8cccc9ccccc89)c8ccccc8nc7c6n5)cc4)cc3n2)nc1.c1ccc2c(-c3c4ccccc4nc4c3ccc3ccc(-c5ccc(-c6cc7cccnc7c7ncccc67)cc5)nc34)cccc2c1. The van der Waals surface area contributed by atoms with Gasteiger partial charge in [0.15, 0.2) is 0 Å². The Balaban J connectivity index is 0.000000137. The first kappa shape index (κ1) is 56.3. The largest absolute Gasteiger partial charge is 0.255 e. The minimum absolute atomic E-state index is 0.868. The maximum absolute atomic E-state index is 5.29. The summed E-state index contributed by atoms with van der Waals surface area (Å²) >= 11 is 0. The van der Waals surface area contributed by atoms with Gasteiger partial charge in [-0.1, -0.05) is 243 Å². The van der Waals surface area contributed by atoms with Gasteiger partial charge in [0.1, 0.15) is 0 Å². The van der Waals surface area contributed by atoms with Crippen LogP contribution in [0.2, 0.25) is 0 Å². The van der Waals surface area contributed by atoms with Crippen molar-refractivity contribution < 1.29 is 0 Å². The van der Waals surface area contributed by atoms with Gasteiger partial charge in [0.25, 0.3) is 0 Å². The minimum atomic E-state index is 0.868. The summed E-state index contributed by atoms with van der Waals surface area (Å²) in [6.45, 7) is 0. The molecule has 8 heterocycles. The predicted octanol–water partition coefficient (Wildman–Crippen LogP) is 22.9. The number of rotatable bonds is 7. The number of fused-ring (bicyclic) bond motifs is 14. The fraction of sp³-hybridized carbons (Fsp3) is 0. The van der Waals surface area contributed by atoms with Gasteiger partial charge in [-0.3, -0.25) is 15.0 Å². The molecule has 12 aromatic carbocycles. The van der Waals surface area contributed by atoms with E-state index in [1.54, 1.807) is 6.20 Å². The lowest BCUT2D eigenvalue weighted by Crippen LogP contribution is -1.93. The molecular formula is C90H54N8. The summed E-state index contributed by atoms with van der Waals surface area (Å²) in [6.07, 6.45) is 5.46. The van der Waals surface area contributed by atoms with Crippen molar-refractivity contribution in [2.75, 3.05) is 0 Å². The maximum atomic E-state index is 5.29. The first-order chi connectivity index (χ1) is 48.6. The van der Waals surface area contributed by atoms with E-state index in [2.05, 4.69) is 283 Å². The number of para-hydroxylation sites is 2. The molecule has 20 rings (SSSR count). The Hall–Kier alpha value is -13.3. The highest BCUT2D eigenvalue weighted by Gasteiger charge is 2.20. The van der Waals surface area contributed by atoms with E-state index in [1.165, 1.54) is 43.8 Å². The van der Waals surface area contributed by atoms with E-state index in [4.69, 9.17) is 29.9 Å². The van der Waals surface area contributed by atoms with E-state index in [0.29, 0.717) is 0 Å². The molecule has 8 nitrogen and oxygen atoms in total. The Bertz CT molecular complexity index is 6600. The number of benzene rings is 12. The Morgan fingerprint density at radius 3 is 1.24 bits per heavy atom. The van der Waals surface area contributed by atoms with Crippen LogP contribution in [-0.2, 0) is 0 Å². The van der Waals surface area contributed by atoms with Crippen LogP contribution in [0.25, 0.3) is 198 Å². The molecule has 0 fully saturated rings. The molecule has 0 saturated heterocycles. The predicted molar refractivity (Wildman–Crippen MR) is 406 cm³/mol. The van der Waals surface area contributed by atoms with Gasteiger partial charge < -0.3 is 0 Å². The lowest BCUT2D eigenvalue weighted by atomic mass is 9.91. The summed E-state index contributed by atoms with van der Waals surface area (Å²) < 4.78 is 0. The van der Waals surface area contributed by atoms with E-state index < -0.39 is 0 Å². The number of nitrogens with zero attached hydrogens (tertiary/aromatic N) is 8. The molecule has 0 unspecified atom stereocenters. The lowest BCUT2D eigenvalue weighted by Gasteiger charge is -2.15. The summed E-state index contributed by atoms with van der Waals surface area (Å²) in [5.41, 5.74) is 23.3. The van der Waals surface area contributed by atoms with Crippen molar-refractivity contribution >= 4 is 120 Å². The smallest absolute Gasteiger partial charge is 0.0978 e. The van der Waals surface area contributed by atoms with Gasteiger partial charge in [-0.2, -0.15) is 0 Å². The molecule has 0 bridgehead atoms. The summed E-state index contributed by atoms with van der Waals surface area (Å²) in [6, 6.07) is 109. The van der Waals surface area contributed by atoms with Crippen molar-refractivity contribution in [3.8, 4) is 78.4 Å². The zero-order chi connectivity index (χ0) is 64.6. The molecule has 0 amide bonds. The Morgan fingerprint density at radius 1 is 0.173 bits per heavy atom. The van der Waals surface area contributed by atoms with Crippen LogP contribution in [0.1, 0.15) is 0 Å². The van der Waals surface area contributed by atoms with E-state index in [9.17, 15) is 0 Å². The van der Waals surface area contributed by atoms with Crippen molar-refractivity contribution in [2.45, 2.75) is 0 Å². The van der Waals surface area contributed by atoms with Crippen LogP contribution in [0, 0.1) is 0 Å². The van der Waals surface area contributed by atoms with E-state index in [-0.39, 0.29) is 0 Å². The topological polar surface area (TPSA) is 103 Å². The molecule has 0 aliphatic heterocycles. The normalized spacial score (nSPS) is 11.7. The van der Waals surface area contributed by atoms with Crippen molar-refractivity contribution in [2.24, 2.45) is 0 Å². The second-order valence-corrected chi connectivity index (χ2v) is 24.9. The van der Waals surface area contributed by atoms with Crippen LogP contribution in [0.3, 0.4) is 0 Å². The van der Waals surface area contributed by atoms with E-state index in [0.717, 1.165) is 154 Å². The fourth-order valence-corrected chi connectivity index (χ4v) is 14.5. The molecule has 0 spiro atoms. The molecule has 0 atom stereocenters. The van der Waals surface area contributed by atoms with Crippen LogP contribution in [-0.4, -0.2) is 39.9 Å². The molecule has 0 aliphatic rings. The van der Waals surface area contributed by atoms with E-state index in [1.807, 2.05) is 48.8 Å². The monoisotopic (exact) mass is 1250 g/mol. The highest BCUT2D eigenvalue weighted by atomic mass is 14.8. The first-order valence-electron chi connectivity index (χ1n) is 32.9. The van der Waals surface area contributed by atoms with Gasteiger partial charge in [0.2, 0.25) is 0 Å². The fourth-order valence-electron chi connectivity index (χ4n) is 14.5. The summed E-state index contributed by atoms with van der Waals surface area (Å²) in [5.74, 6) is 0. The highest BCUT2D eigenvalue weighted by molar-refractivity contribution is 6.21. The second kappa shape index (κ2) is 23.3. The van der Waals surface area contributed by atoms with E-state index >= 15 is 0 Å². The molecule has 8 heteroatoms. The zero-order valence-electron chi connectivity index (χ0n) is 52.8. The molecule has 0 aliphatic carbocycles. The van der Waals surface area contributed by atoms with Crippen LogP contribution in [0.4, 0.5) is 0 Å². The number of hydrogen-bond acceptors (Lipinski definition) is 8. The first-order valence-corrected chi connectivity index (χ1v) is 32.9. The quantitative estimate of drug-likeness (QED) is 0.115. The van der Waals surface area contributed by atoms with Crippen LogP contribution >= 0.6 is 0 Å². The second-order valence-electron chi connectivity index (χ2n) is 24.9. The Labute approximate surface area is 562 Å².